The van der Waals surface area contributed by atoms with Gasteiger partial charge in [-0.1, -0.05) is 32.9 Å². The molecule has 1 amide bonds. The molecule has 2 aromatic rings. The quantitative estimate of drug-likeness (QED) is 0.516. The zero-order chi connectivity index (χ0) is 22.6. The molecule has 0 saturated heterocycles. The summed E-state index contributed by atoms with van der Waals surface area (Å²) in [4.78, 5) is 40.2. The van der Waals surface area contributed by atoms with Gasteiger partial charge < -0.3 is 15.0 Å². The smallest absolute Gasteiger partial charge is 0.341 e. The molecular formula is C23H30N2O4S. The van der Waals surface area contributed by atoms with Crippen molar-refractivity contribution in [2.75, 3.05) is 32.6 Å². The van der Waals surface area contributed by atoms with Gasteiger partial charge in [0.2, 0.25) is 0 Å². The molecule has 30 heavy (non-hydrogen) atoms. The van der Waals surface area contributed by atoms with Gasteiger partial charge in [0.05, 0.1) is 23.6 Å². The van der Waals surface area contributed by atoms with E-state index >= 15 is 0 Å². The summed E-state index contributed by atoms with van der Waals surface area (Å²) in [6, 6.07) is 7.37. The van der Waals surface area contributed by atoms with E-state index in [0.29, 0.717) is 21.0 Å². The normalized spacial score (nSPS) is 11.5. The first-order chi connectivity index (χ1) is 14.0. The second-order valence-corrected chi connectivity index (χ2v) is 9.44. The van der Waals surface area contributed by atoms with Gasteiger partial charge in [0, 0.05) is 5.56 Å². The van der Waals surface area contributed by atoms with E-state index in [0.717, 1.165) is 16.9 Å². The van der Waals surface area contributed by atoms with Crippen LogP contribution in [0.1, 0.15) is 69.2 Å². The number of hydrogen-bond acceptors (Lipinski definition) is 6. The van der Waals surface area contributed by atoms with E-state index < -0.39 is 5.97 Å². The summed E-state index contributed by atoms with van der Waals surface area (Å²) in [6.45, 7) is 10.2. The Morgan fingerprint density at radius 2 is 1.70 bits per heavy atom. The highest BCUT2D eigenvalue weighted by Gasteiger charge is 2.27. The van der Waals surface area contributed by atoms with E-state index in [9.17, 15) is 14.4 Å². The van der Waals surface area contributed by atoms with Crippen LogP contribution < -0.4 is 5.32 Å². The second kappa shape index (κ2) is 9.53. The number of ketones is 1. The van der Waals surface area contributed by atoms with Crippen LogP contribution >= 0.6 is 11.3 Å². The SMILES string of the molecule is CCOC(=O)c1c(NC(=O)c2ccc(C(C)(C)C)cc2)sc(C(=O)CN(C)C)c1C. The second-order valence-electron chi connectivity index (χ2n) is 8.42. The molecule has 2 rings (SSSR count). The largest absolute Gasteiger partial charge is 0.462 e. The maximum absolute atomic E-state index is 12.8. The van der Waals surface area contributed by atoms with Crippen LogP contribution in [0.4, 0.5) is 5.00 Å². The number of carbonyl (C=O) groups is 3. The number of hydrogen-bond donors (Lipinski definition) is 1. The topological polar surface area (TPSA) is 75.7 Å². The number of rotatable bonds is 7. The Hall–Kier alpha value is -2.51. The number of likely N-dealkylation sites (N-methyl/N-ethyl adjacent to an activating group) is 1. The van der Waals surface area contributed by atoms with Gasteiger partial charge in [-0.25, -0.2) is 4.79 Å². The van der Waals surface area contributed by atoms with Crippen molar-refractivity contribution in [2.24, 2.45) is 0 Å². The van der Waals surface area contributed by atoms with Gasteiger partial charge in [0.25, 0.3) is 5.91 Å². The first kappa shape index (κ1) is 23.8. The molecule has 0 aliphatic carbocycles. The molecular weight excluding hydrogens is 400 g/mol. The van der Waals surface area contributed by atoms with Gasteiger partial charge in [-0.2, -0.15) is 0 Å². The summed E-state index contributed by atoms with van der Waals surface area (Å²) in [6.07, 6.45) is 0. The van der Waals surface area contributed by atoms with Crippen LogP contribution in [-0.2, 0) is 10.2 Å². The number of thiophene rings is 1. The Labute approximate surface area is 182 Å². The molecule has 0 aliphatic rings. The van der Waals surface area contributed by atoms with Gasteiger partial charge in [-0.05, 0) is 56.6 Å². The van der Waals surface area contributed by atoms with Crippen molar-refractivity contribution in [3.63, 3.8) is 0 Å². The molecule has 1 aromatic carbocycles. The van der Waals surface area contributed by atoms with Crippen LogP contribution in [0.2, 0.25) is 0 Å². The molecule has 0 spiro atoms. The van der Waals surface area contributed by atoms with Crippen LogP contribution in [-0.4, -0.2) is 49.8 Å². The average molecular weight is 431 g/mol. The third-order valence-electron chi connectivity index (χ3n) is 4.58. The minimum Gasteiger partial charge on any atom is -0.462 e. The highest BCUT2D eigenvalue weighted by molar-refractivity contribution is 7.18. The Morgan fingerprint density at radius 3 is 2.20 bits per heavy atom. The zero-order valence-electron chi connectivity index (χ0n) is 18.7. The van der Waals surface area contributed by atoms with Crippen LogP contribution in [0.3, 0.4) is 0 Å². The number of Topliss-reactive ketones (excluding diaryl/α,β-unsaturated/α-hetero) is 1. The molecule has 7 heteroatoms. The van der Waals surface area contributed by atoms with E-state index in [1.807, 2.05) is 12.1 Å². The Kier molecular flexibility index (Phi) is 7.55. The average Bonchev–Trinajstić information content (AvgIpc) is 2.97. The molecule has 0 saturated carbocycles. The first-order valence-electron chi connectivity index (χ1n) is 9.86. The van der Waals surface area contributed by atoms with Gasteiger partial charge in [-0.3, -0.25) is 9.59 Å². The molecule has 1 aromatic heterocycles. The minimum absolute atomic E-state index is 0.0152. The van der Waals surface area contributed by atoms with Crippen molar-refractivity contribution in [1.82, 2.24) is 4.90 Å². The maximum Gasteiger partial charge on any atom is 0.341 e. The predicted octanol–water partition coefficient (Wildman–Crippen LogP) is 4.53. The lowest BCUT2D eigenvalue weighted by atomic mass is 9.87. The number of benzene rings is 1. The zero-order valence-corrected chi connectivity index (χ0v) is 19.5. The van der Waals surface area contributed by atoms with E-state index in [1.165, 1.54) is 0 Å². The van der Waals surface area contributed by atoms with Gasteiger partial charge in [-0.15, -0.1) is 11.3 Å². The summed E-state index contributed by atoms with van der Waals surface area (Å²) >= 11 is 1.11. The molecule has 0 radical (unpaired) electrons. The number of nitrogens with zero attached hydrogens (tertiary/aromatic N) is 1. The van der Waals surface area contributed by atoms with Gasteiger partial charge in [0.1, 0.15) is 5.00 Å². The molecule has 0 aliphatic heterocycles. The number of esters is 1. The van der Waals surface area contributed by atoms with Gasteiger partial charge in [0.15, 0.2) is 5.78 Å². The fourth-order valence-corrected chi connectivity index (χ4v) is 4.09. The Bertz CT molecular complexity index is 937. The summed E-state index contributed by atoms with van der Waals surface area (Å²) in [7, 11) is 3.61. The number of amides is 1. The van der Waals surface area contributed by atoms with Crippen molar-refractivity contribution in [2.45, 2.75) is 40.0 Å². The van der Waals surface area contributed by atoms with E-state index in [-0.39, 0.29) is 35.8 Å². The maximum atomic E-state index is 12.8. The molecule has 1 heterocycles. The lowest BCUT2D eigenvalue weighted by Crippen LogP contribution is -2.21. The van der Waals surface area contributed by atoms with Crippen molar-refractivity contribution in [3.05, 3.63) is 51.4 Å². The van der Waals surface area contributed by atoms with Crippen LogP contribution in [0, 0.1) is 6.92 Å². The molecule has 162 valence electrons. The fraction of sp³-hybridized carbons (Fsp3) is 0.435. The third kappa shape index (κ3) is 5.55. The van der Waals surface area contributed by atoms with Crippen molar-refractivity contribution in [1.29, 1.82) is 0 Å². The first-order valence-corrected chi connectivity index (χ1v) is 10.7. The van der Waals surface area contributed by atoms with E-state index in [1.54, 1.807) is 45.0 Å². The third-order valence-corrected chi connectivity index (χ3v) is 5.83. The highest BCUT2D eigenvalue weighted by Crippen LogP contribution is 2.34. The standard InChI is InChI=1S/C23H30N2O4S/c1-8-29-22(28)18-14(2)19(17(26)13-25(6)7)30-21(18)24-20(27)15-9-11-16(12-10-15)23(3,4)5/h9-12H,8,13H2,1-7H3,(H,24,27). The molecule has 1 N–H and O–H groups in total. The van der Waals surface area contributed by atoms with Crippen LogP contribution in [0.25, 0.3) is 0 Å². The minimum atomic E-state index is -0.548. The van der Waals surface area contributed by atoms with Crippen molar-refractivity contribution in [3.8, 4) is 0 Å². The molecule has 0 atom stereocenters. The summed E-state index contributed by atoms with van der Waals surface area (Å²) in [5.74, 6) is -0.995. The lowest BCUT2D eigenvalue weighted by molar-refractivity contribution is 0.0527. The molecule has 0 unspecified atom stereocenters. The summed E-state index contributed by atoms with van der Waals surface area (Å²) in [5.41, 5.74) is 2.35. The van der Waals surface area contributed by atoms with E-state index in [4.69, 9.17) is 4.74 Å². The highest BCUT2D eigenvalue weighted by atomic mass is 32.1. The monoisotopic (exact) mass is 430 g/mol. The molecule has 0 bridgehead atoms. The van der Waals surface area contributed by atoms with E-state index in [2.05, 4.69) is 26.1 Å². The summed E-state index contributed by atoms with van der Waals surface area (Å²) in [5, 5.41) is 3.14. The van der Waals surface area contributed by atoms with Gasteiger partial charge >= 0.3 is 5.97 Å². The number of nitrogens with one attached hydrogen (secondary N) is 1. The lowest BCUT2D eigenvalue weighted by Gasteiger charge is -2.19. The Morgan fingerprint density at radius 1 is 1.10 bits per heavy atom. The van der Waals surface area contributed by atoms with Crippen LogP contribution in [0.15, 0.2) is 24.3 Å². The van der Waals surface area contributed by atoms with Crippen molar-refractivity contribution >= 4 is 34.0 Å². The van der Waals surface area contributed by atoms with Crippen molar-refractivity contribution < 1.29 is 19.1 Å². The summed E-state index contributed by atoms with van der Waals surface area (Å²) < 4.78 is 5.16. The molecule has 6 nitrogen and oxygen atoms in total. The molecule has 0 fully saturated rings. The number of carbonyl (C=O) groups excluding carboxylic acids is 3. The van der Waals surface area contributed by atoms with Crippen LogP contribution in [0.5, 0.6) is 0 Å². The number of ether oxygens (including phenoxy) is 1. The fourth-order valence-electron chi connectivity index (χ4n) is 2.97. The number of anilines is 1. The predicted molar refractivity (Wildman–Crippen MR) is 121 cm³/mol. The Balaban J connectivity index is 2.38.